The van der Waals surface area contributed by atoms with Gasteiger partial charge in [0, 0.05) is 34.0 Å². The predicted molar refractivity (Wildman–Crippen MR) is 154 cm³/mol. The normalized spacial score (nSPS) is 16.9. The highest BCUT2D eigenvalue weighted by Crippen LogP contribution is 2.58. The molecule has 1 spiro atoms. The maximum Gasteiger partial charge on any atom is 0.340 e. The van der Waals surface area contributed by atoms with Crippen molar-refractivity contribution in [3.05, 3.63) is 143 Å². The van der Waals surface area contributed by atoms with Gasteiger partial charge in [0.05, 0.1) is 11.1 Å². The second-order valence-electron chi connectivity index (χ2n) is 10.2. The molecular weight excluding hydrogens is 482 g/mol. The van der Waals surface area contributed by atoms with Gasteiger partial charge in [-0.3, -0.25) is 0 Å². The van der Waals surface area contributed by atoms with Gasteiger partial charge in [0.15, 0.2) is 5.60 Å². The van der Waals surface area contributed by atoms with E-state index in [0.717, 1.165) is 49.8 Å². The Balaban J connectivity index is 1.35. The van der Waals surface area contributed by atoms with E-state index in [2.05, 4.69) is 66.8 Å². The first-order chi connectivity index (χ1) is 19.1. The van der Waals surface area contributed by atoms with Crippen molar-refractivity contribution < 1.29 is 14.3 Å². The van der Waals surface area contributed by atoms with Gasteiger partial charge in [-0.1, -0.05) is 84.9 Å². The molecule has 0 aliphatic carbocycles. The van der Waals surface area contributed by atoms with Crippen LogP contribution in [0.4, 0.5) is 11.4 Å². The summed E-state index contributed by atoms with van der Waals surface area (Å²) in [6.45, 7) is 2.11. The largest absolute Gasteiger partial charge is 0.456 e. The van der Waals surface area contributed by atoms with E-state index in [4.69, 9.17) is 9.47 Å². The maximum atomic E-state index is 13.3. The summed E-state index contributed by atoms with van der Waals surface area (Å²) < 4.78 is 13.0. The van der Waals surface area contributed by atoms with Crippen LogP contribution >= 0.6 is 0 Å². The van der Waals surface area contributed by atoms with Gasteiger partial charge >= 0.3 is 5.97 Å². The number of carbonyl (C=O) groups excluding carboxylic acids is 1. The van der Waals surface area contributed by atoms with Crippen molar-refractivity contribution in [3.8, 4) is 11.5 Å². The molecule has 2 aliphatic heterocycles. The first-order valence-corrected chi connectivity index (χ1v) is 13.1. The van der Waals surface area contributed by atoms with Gasteiger partial charge in [0.25, 0.3) is 0 Å². The van der Waals surface area contributed by atoms with Gasteiger partial charge in [-0.2, -0.15) is 0 Å². The molecule has 2 aliphatic rings. The fourth-order valence-electron chi connectivity index (χ4n) is 6.22. The van der Waals surface area contributed by atoms with Crippen LogP contribution in [0, 0.1) is 6.92 Å². The molecule has 6 aromatic carbocycles. The monoisotopic (exact) mass is 505 g/mol. The molecule has 186 valence electrons. The van der Waals surface area contributed by atoms with E-state index in [1.807, 2.05) is 60.7 Å². The molecule has 4 heteroatoms. The van der Waals surface area contributed by atoms with Gasteiger partial charge < -0.3 is 14.8 Å². The van der Waals surface area contributed by atoms with Gasteiger partial charge in [-0.05, 0) is 52.9 Å². The number of hydrogen-bond acceptors (Lipinski definition) is 4. The molecular formula is C35H23NO3. The Morgan fingerprint density at radius 2 is 1.38 bits per heavy atom. The van der Waals surface area contributed by atoms with Crippen LogP contribution in [0.25, 0.3) is 21.5 Å². The van der Waals surface area contributed by atoms with Crippen molar-refractivity contribution in [2.45, 2.75) is 12.5 Å². The lowest BCUT2D eigenvalue weighted by Gasteiger charge is -2.37. The third-order valence-corrected chi connectivity index (χ3v) is 8.00. The molecule has 0 saturated carbocycles. The standard InChI is InChI=1S/C35H23NO3/c1-21-14-15-23-9-3-5-11-26(23)33(21)36-24-17-18-29-31(20-24)38-30-19-16-22-8-2-4-10-25(22)32(30)35(29)28-13-7-6-12-27(28)34(37)39-35/h2-20,36H,1H3. The lowest BCUT2D eigenvalue weighted by atomic mass is 9.76. The summed E-state index contributed by atoms with van der Waals surface area (Å²) in [7, 11) is 0. The van der Waals surface area contributed by atoms with Gasteiger partial charge in [-0.25, -0.2) is 4.79 Å². The SMILES string of the molecule is Cc1ccc2ccccc2c1Nc1ccc2c(c1)Oc1ccc3ccccc3c1C21OC(=O)c2ccccc21. The van der Waals surface area contributed by atoms with Crippen LogP contribution in [0.15, 0.2) is 115 Å². The molecule has 8 rings (SSSR count). The minimum atomic E-state index is -1.11. The number of esters is 1. The molecule has 1 unspecified atom stereocenters. The second kappa shape index (κ2) is 7.95. The first kappa shape index (κ1) is 21.9. The van der Waals surface area contributed by atoms with Crippen LogP contribution in [0.2, 0.25) is 0 Å². The Morgan fingerprint density at radius 3 is 2.26 bits per heavy atom. The predicted octanol–water partition coefficient (Wildman–Crippen LogP) is 8.61. The average molecular weight is 506 g/mol. The smallest absolute Gasteiger partial charge is 0.340 e. The van der Waals surface area contributed by atoms with Gasteiger partial charge in [0.2, 0.25) is 0 Å². The Morgan fingerprint density at radius 1 is 0.667 bits per heavy atom. The lowest BCUT2D eigenvalue weighted by molar-refractivity contribution is 0.0229. The molecule has 0 bridgehead atoms. The number of aryl methyl sites for hydroxylation is 1. The number of ether oxygens (including phenoxy) is 2. The van der Waals surface area contributed by atoms with Gasteiger partial charge in [-0.15, -0.1) is 0 Å². The summed E-state index contributed by atoms with van der Waals surface area (Å²) in [6.07, 6.45) is 0. The molecule has 1 N–H and O–H groups in total. The highest BCUT2D eigenvalue weighted by molar-refractivity contribution is 6.00. The number of fused-ring (bicyclic) bond motifs is 9. The van der Waals surface area contributed by atoms with E-state index >= 15 is 0 Å². The number of carbonyl (C=O) groups is 1. The van der Waals surface area contributed by atoms with E-state index in [1.165, 1.54) is 5.39 Å². The summed E-state index contributed by atoms with van der Waals surface area (Å²) >= 11 is 0. The quantitative estimate of drug-likeness (QED) is 0.239. The van der Waals surface area contributed by atoms with Crippen molar-refractivity contribution in [1.82, 2.24) is 0 Å². The second-order valence-corrected chi connectivity index (χ2v) is 10.2. The third kappa shape index (κ3) is 3.03. The molecule has 0 amide bonds. The van der Waals surface area contributed by atoms with Crippen molar-refractivity contribution >= 4 is 38.9 Å². The van der Waals surface area contributed by atoms with Gasteiger partial charge in [0.1, 0.15) is 11.5 Å². The topological polar surface area (TPSA) is 47.6 Å². The minimum absolute atomic E-state index is 0.328. The fraction of sp³-hybridized carbons (Fsp3) is 0.0571. The zero-order valence-electron chi connectivity index (χ0n) is 21.2. The van der Waals surface area contributed by atoms with Crippen LogP contribution in [-0.2, 0) is 10.3 Å². The molecule has 0 saturated heterocycles. The molecule has 0 aromatic heterocycles. The zero-order valence-corrected chi connectivity index (χ0v) is 21.2. The van der Waals surface area contributed by atoms with E-state index in [0.29, 0.717) is 17.1 Å². The molecule has 6 aromatic rings. The number of rotatable bonds is 2. The highest BCUT2D eigenvalue weighted by Gasteiger charge is 2.54. The number of hydrogen-bond donors (Lipinski definition) is 1. The first-order valence-electron chi connectivity index (χ1n) is 13.1. The van der Waals surface area contributed by atoms with Crippen LogP contribution in [0.5, 0.6) is 11.5 Å². The Hall–Kier alpha value is -5.09. The van der Waals surface area contributed by atoms with Crippen LogP contribution < -0.4 is 10.1 Å². The third-order valence-electron chi connectivity index (χ3n) is 8.00. The van der Waals surface area contributed by atoms with E-state index in [9.17, 15) is 4.79 Å². The lowest BCUT2D eigenvalue weighted by Crippen LogP contribution is -2.33. The minimum Gasteiger partial charge on any atom is -0.456 e. The van der Waals surface area contributed by atoms with Crippen molar-refractivity contribution in [3.63, 3.8) is 0 Å². The Kier molecular flexibility index (Phi) is 4.48. The summed E-state index contributed by atoms with van der Waals surface area (Å²) in [4.78, 5) is 13.3. The van der Waals surface area contributed by atoms with E-state index in [1.54, 1.807) is 0 Å². The Bertz CT molecular complexity index is 1990. The number of anilines is 2. The zero-order chi connectivity index (χ0) is 26.1. The Labute approximate surface area is 225 Å². The average Bonchev–Trinajstić information content (AvgIpc) is 3.26. The molecule has 39 heavy (non-hydrogen) atoms. The summed E-state index contributed by atoms with van der Waals surface area (Å²) in [5.41, 5.74) is 5.08. The molecule has 1 atom stereocenters. The number of benzene rings is 6. The highest BCUT2D eigenvalue weighted by atomic mass is 16.6. The molecule has 4 nitrogen and oxygen atoms in total. The van der Waals surface area contributed by atoms with Crippen LogP contribution in [-0.4, -0.2) is 5.97 Å². The van der Waals surface area contributed by atoms with E-state index in [-0.39, 0.29) is 5.97 Å². The van der Waals surface area contributed by atoms with Crippen LogP contribution in [0.1, 0.15) is 32.6 Å². The summed E-state index contributed by atoms with van der Waals surface area (Å²) in [5.74, 6) is 1.01. The summed E-state index contributed by atoms with van der Waals surface area (Å²) in [5, 5.41) is 8.03. The van der Waals surface area contributed by atoms with Crippen molar-refractivity contribution in [1.29, 1.82) is 0 Å². The molecule has 0 fully saturated rings. The maximum absolute atomic E-state index is 13.3. The van der Waals surface area contributed by atoms with Crippen molar-refractivity contribution in [2.24, 2.45) is 0 Å². The summed E-state index contributed by atoms with van der Waals surface area (Å²) in [6, 6.07) is 38.6. The van der Waals surface area contributed by atoms with E-state index < -0.39 is 5.60 Å². The fourth-order valence-corrected chi connectivity index (χ4v) is 6.22. The molecule has 0 radical (unpaired) electrons. The number of nitrogens with one attached hydrogen (secondary N) is 1. The van der Waals surface area contributed by atoms with Crippen LogP contribution in [0.3, 0.4) is 0 Å². The van der Waals surface area contributed by atoms with Crippen molar-refractivity contribution in [2.75, 3.05) is 5.32 Å². The molecule has 2 heterocycles.